The van der Waals surface area contributed by atoms with Crippen LogP contribution in [0.3, 0.4) is 0 Å². The number of piperidine rings is 1. The molecular weight excluding hydrogens is 340 g/mol. The van der Waals surface area contributed by atoms with Crippen molar-refractivity contribution in [3.8, 4) is 0 Å². The summed E-state index contributed by atoms with van der Waals surface area (Å²) in [5.41, 5.74) is 6.31. The molecule has 1 aromatic carbocycles. The summed E-state index contributed by atoms with van der Waals surface area (Å²) in [7, 11) is 0. The van der Waals surface area contributed by atoms with Crippen LogP contribution in [-0.2, 0) is 4.79 Å². The Labute approximate surface area is 154 Å². The van der Waals surface area contributed by atoms with Gasteiger partial charge in [0, 0.05) is 24.8 Å². The summed E-state index contributed by atoms with van der Waals surface area (Å²) in [5, 5.41) is 5.99. The van der Waals surface area contributed by atoms with Gasteiger partial charge in [-0.25, -0.2) is 4.79 Å². The van der Waals surface area contributed by atoms with E-state index in [0.29, 0.717) is 13.1 Å². The Hall–Kier alpha value is -1.79. The number of carbonyl (C=O) groups is 2. The van der Waals surface area contributed by atoms with Gasteiger partial charge < -0.3 is 21.3 Å². The minimum absolute atomic E-state index is 0. The summed E-state index contributed by atoms with van der Waals surface area (Å²) in [5.74, 6) is -0.0211. The van der Waals surface area contributed by atoms with E-state index in [4.69, 9.17) is 5.73 Å². The summed E-state index contributed by atoms with van der Waals surface area (Å²) in [6, 6.07) is 9.46. The Morgan fingerprint density at radius 1 is 1.08 bits per heavy atom. The molecule has 1 heterocycles. The second kappa shape index (κ2) is 8.54. The number of hydrogen-bond acceptors (Lipinski definition) is 3. The molecule has 4 N–H and O–H groups in total. The number of nitrogens with two attached hydrogens (primary N) is 1. The van der Waals surface area contributed by atoms with Crippen molar-refractivity contribution in [3.05, 3.63) is 30.3 Å². The van der Waals surface area contributed by atoms with Crippen LogP contribution in [0.1, 0.15) is 38.5 Å². The molecule has 7 heteroatoms. The lowest BCUT2D eigenvalue weighted by Crippen LogP contribution is -2.56. The quantitative estimate of drug-likeness (QED) is 0.768. The molecule has 0 spiro atoms. The van der Waals surface area contributed by atoms with E-state index in [2.05, 4.69) is 10.6 Å². The zero-order chi connectivity index (χ0) is 17.0. The molecule has 1 saturated heterocycles. The van der Waals surface area contributed by atoms with Crippen molar-refractivity contribution in [2.45, 2.75) is 50.1 Å². The lowest BCUT2D eigenvalue weighted by Gasteiger charge is -2.34. The van der Waals surface area contributed by atoms with Crippen molar-refractivity contribution in [1.82, 2.24) is 10.2 Å². The van der Waals surface area contributed by atoms with Crippen molar-refractivity contribution in [2.75, 3.05) is 18.4 Å². The average Bonchev–Trinajstić information content (AvgIpc) is 3.04. The van der Waals surface area contributed by atoms with Gasteiger partial charge in [-0.1, -0.05) is 31.0 Å². The number of benzene rings is 1. The standard InChI is InChI=1S/C18H26N4O2.ClH/c19-18(10-4-5-11-18)16(23)20-15-8-12-22(13-9-15)17(24)21-14-6-2-1-3-7-14;/h1-3,6-7,15H,4-5,8-13,19H2,(H,20,23)(H,21,24);1H. The van der Waals surface area contributed by atoms with Gasteiger partial charge in [0.15, 0.2) is 0 Å². The first kappa shape index (κ1) is 19.5. The second-order valence-electron chi connectivity index (χ2n) is 6.89. The van der Waals surface area contributed by atoms with Gasteiger partial charge in [-0.15, -0.1) is 12.4 Å². The van der Waals surface area contributed by atoms with Gasteiger partial charge in [-0.3, -0.25) is 4.79 Å². The van der Waals surface area contributed by atoms with Gasteiger partial charge >= 0.3 is 6.03 Å². The first-order chi connectivity index (χ1) is 11.6. The summed E-state index contributed by atoms with van der Waals surface area (Å²) in [6.07, 6.45) is 5.15. The predicted molar refractivity (Wildman–Crippen MR) is 101 cm³/mol. The summed E-state index contributed by atoms with van der Waals surface area (Å²) in [4.78, 5) is 26.4. The van der Waals surface area contributed by atoms with E-state index in [-0.39, 0.29) is 30.4 Å². The first-order valence-corrected chi connectivity index (χ1v) is 8.78. The van der Waals surface area contributed by atoms with Crippen LogP contribution in [0.4, 0.5) is 10.5 Å². The fourth-order valence-corrected chi connectivity index (χ4v) is 3.51. The predicted octanol–water partition coefficient (Wildman–Crippen LogP) is 2.49. The van der Waals surface area contributed by atoms with Crippen LogP contribution in [-0.4, -0.2) is 41.5 Å². The van der Waals surface area contributed by atoms with E-state index >= 15 is 0 Å². The number of para-hydroxylation sites is 1. The van der Waals surface area contributed by atoms with Crippen LogP contribution in [0, 0.1) is 0 Å². The number of nitrogens with zero attached hydrogens (tertiary/aromatic N) is 1. The Kier molecular flexibility index (Phi) is 6.67. The minimum Gasteiger partial charge on any atom is -0.352 e. The lowest BCUT2D eigenvalue weighted by atomic mass is 9.96. The number of anilines is 1. The van der Waals surface area contributed by atoms with E-state index < -0.39 is 5.54 Å². The third-order valence-electron chi connectivity index (χ3n) is 5.09. The fourth-order valence-electron chi connectivity index (χ4n) is 3.51. The molecule has 138 valence electrons. The highest BCUT2D eigenvalue weighted by Crippen LogP contribution is 2.27. The molecule has 2 aliphatic rings. The van der Waals surface area contributed by atoms with Crippen molar-refractivity contribution in [2.24, 2.45) is 5.73 Å². The minimum atomic E-state index is -0.679. The van der Waals surface area contributed by atoms with E-state index in [1.54, 1.807) is 4.90 Å². The molecule has 0 bridgehead atoms. The zero-order valence-electron chi connectivity index (χ0n) is 14.4. The zero-order valence-corrected chi connectivity index (χ0v) is 15.2. The van der Waals surface area contributed by atoms with Gasteiger partial charge in [0.2, 0.25) is 5.91 Å². The second-order valence-corrected chi connectivity index (χ2v) is 6.89. The van der Waals surface area contributed by atoms with Gasteiger partial charge in [0.05, 0.1) is 5.54 Å². The summed E-state index contributed by atoms with van der Waals surface area (Å²) >= 11 is 0. The van der Waals surface area contributed by atoms with Crippen LogP contribution < -0.4 is 16.4 Å². The van der Waals surface area contributed by atoms with Gasteiger partial charge in [-0.05, 0) is 37.8 Å². The molecule has 0 radical (unpaired) electrons. The molecule has 2 fully saturated rings. The molecule has 3 rings (SSSR count). The first-order valence-electron chi connectivity index (χ1n) is 8.78. The van der Waals surface area contributed by atoms with Gasteiger partial charge in [0.25, 0.3) is 0 Å². The van der Waals surface area contributed by atoms with Crippen molar-refractivity contribution in [3.63, 3.8) is 0 Å². The van der Waals surface area contributed by atoms with E-state index in [9.17, 15) is 9.59 Å². The highest BCUT2D eigenvalue weighted by atomic mass is 35.5. The Morgan fingerprint density at radius 2 is 1.68 bits per heavy atom. The van der Waals surface area contributed by atoms with Crippen LogP contribution in [0.15, 0.2) is 30.3 Å². The summed E-state index contributed by atoms with van der Waals surface area (Å²) < 4.78 is 0. The number of carbonyl (C=O) groups excluding carboxylic acids is 2. The Morgan fingerprint density at radius 3 is 2.28 bits per heavy atom. The molecule has 1 aliphatic heterocycles. The van der Waals surface area contributed by atoms with Crippen molar-refractivity contribution >= 4 is 30.0 Å². The van der Waals surface area contributed by atoms with Crippen LogP contribution in [0.2, 0.25) is 0 Å². The van der Waals surface area contributed by atoms with Crippen LogP contribution >= 0.6 is 12.4 Å². The maximum absolute atomic E-state index is 12.4. The number of urea groups is 1. The molecule has 6 nitrogen and oxygen atoms in total. The number of rotatable bonds is 3. The molecule has 0 atom stereocenters. The topological polar surface area (TPSA) is 87.5 Å². The number of likely N-dealkylation sites (tertiary alicyclic amines) is 1. The van der Waals surface area contributed by atoms with E-state index in [1.807, 2.05) is 30.3 Å². The molecule has 25 heavy (non-hydrogen) atoms. The number of hydrogen-bond donors (Lipinski definition) is 3. The molecule has 1 aromatic rings. The smallest absolute Gasteiger partial charge is 0.321 e. The molecule has 1 aliphatic carbocycles. The highest BCUT2D eigenvalue weighted by molar-refractivity contribution is 5.89. The van der Waals surface area contributed by atoms with Crippen molar-refractivity contribution in [1.29, 1.82) is 0 Å². The monoisotopic (exact) mass is 366 g/mol. The maximum Gasteiger partial charge on any atom is 0.321 e. The largest absolute Gasteiger partial charge is 0.352 e. The number of amides is 3. The number of halogens is 1. The molecule has 3 amide bonds. The molecular formula is C18H27ClN4O2. The lowest BCUT2D eigenvalue weighted by molar-refractivity contribution is -0.127. The normalized spacial score (nSPS) is 19.8. The van der Waals surface area contributed by atoms with Crippen molar-refractivity contribution < 1.29 is 9.59 Å². The van der Waals surface area contributed by atoms with E-state index in [1.165, 1.54) is 0 Å². The molecule has 0 unspecified atom stereocenters. The number of nitrogens with one attached hydrogen (secondary N) is 2. The van der Waals surface area contributed by atoms with Crippen LogP contribution in [0.5, 0.6) is 0 Å². The molecule has 0 aromatic heterocycles. The highest BCUT2D eigenvalue weighted by Gasteiger charge is 2.38. The Balaban J connectivity index is 0.00000225. The van der Waals surface area contributed by atoms with E-state index in [0.717, 1.165) is 44.2 Å². The molecule has 1 saturated carbocycles. The average molecular weight is 367 g/mol. The SMILES string of the molecule is Cl.NC1(C(=O)NC2CCN(C(=O)Nc3ccccc3)CC2)CCCC1. The summed E-state index contributed by atoms with van der Waals surface area (Å²) in [6.45, 7) is 1.28. The van der Waals surface area contributed by atoms with Crippen LogP contribution in [0.25, 0.3) is 0 Å². The van der Waals surface area contributed by atoms with Gasteiger partial charge in [-0.2, -0.15) is 0 Å². The third-order valence-corrected chi connectivity index (χ3v) is 5.09. The maximum atomic E-state index is 12.4. The third kappa shape index (κ3) is 4.86. The Bertz CT molecular complexity index is 582. The fraction of sp³-hybridized carbons (Fsp3) is 0.556. The van der Waals surface area contributed by atoms with Gasteiger partial charge in [0.1, 0.15) is 0 Å².